The van der Waals surface area contributed by atoms with E-state index in [0.29, 0.717) is 42.8 Å². The molecule has 0 aliphatic heterocycles. The van der Waals surface area contributed by atoms with Gasteiger partial charge in [-0.3, -0.25) is 4.79 Å². The maximum atomic E-state index is 12.2. The average Bonchev–Trinajstić information content (AvgIpc) is 2.63. The number of carbonyl (C=O) groups excluding carboxylic acids is 1. The fourth-order valence-electron chi connectivity index (χ4n) is 2.05. The molecule has 0 bridgehead atoms. The number of rotatable bonds is 9. The highest BCUT2D eigenvalue weighted by Gasteiger charge is 2.10. The molecule has 0 saturated carbocycles. The van der Waals surface area contributed by atoms with Crippen molar-refractivity contribution in [3.8, 4) is 11.5 Å². The van der Waals surface area contributed by atoms with Crippen LogP contribution in [0.4, 0.5) is 5.82 Å². The molecule has 25 heavy (non-hydrogen) atoms. The first-order valence-corrected chi connectivity index (χ1v) is 7.88. The molecule has 7 heteroatoms. The first-order valence-electron chi connectivity index (χ1n) is 7.88. The van der Waals surface area contributed by atoms with Crippen LogP contribution in [0.2, 0.25) is 0 Å². The second kappa shape index (κ2) is 9.27. The number of hydrogen-bond donors (Lipinski definition) is 2. The molecule has 7 nitrogen and oxygen atoms in total. The van der Waals surface area contributed by atoms with Crippen molar-refractivity contribution in [2.75, 3.05) is 32.1 Å². The number of nitrogens with zero attached hydrogens (tertiary/aromatic N) is 2. The molecule has 2 N–H and O–H groups in total. The van der Waals surface area contributed by atoms with E-state index in [1.54, 1.807) is 26.2 Å². The fraction of sp³-hybridized carbons (Fsp3) is 0.278. The lowest BCUT2D eigenvalue weighted by molar-refractivity contribution is 0.0941. The van der Waals surface area contributed by atoms with Crippen LogP contribution in [-0.2, 0) is 0 Å². The molecule has 2 aromatic rings. The molecule has 1 amide bonds. The summed E-state index contributed by atoms with van der Waals surface area (Å²) in [5, 5.41) is 5.82. The van der Waals surface area contributed by atoms with Crippen LogP contribution in [0.15, 0.2) is 43.0 Å². The van der Waals surface area contributed by atoms with Crippen molar-refractivity contribution >= 4 is 11.7 Å². The molecule has 0 aliphatic carbocycles. The molecule has 132 valence electrons. The van der Waals surface area contributed by atoms with E-state index in [1.807, 2.05) is 24.3 Å². The molecule has 0 radical (unpaired) electrons. The van der Waals surface area contributed by atoms with Gasteiger partial charge in [-0.25, -0.2) is 9.97 Å². The Kier molecular flexibility index (Phi) is 6.76. The number of aryl methyl sites for hydroxylation is 1. The molecule has 2 rings (SSSR count). The minimum absolute atomic E-state index is 0.273. The minimum atomic E-state index is -0.273. The first kappa shape index (κ1) is 18.3. The standard InChI is InChI=1S/C18H22N4O3/c1-4-9-19-17-12-16(21-13(2)22-17)18(23)20-10-11-25-15-7-5-14(24-3)6-8-15/h4-8,12H,1,9-11H2,2-3H3,(H,20,23)(H,19,21,22). The van der Waals surface area contributed by atoms with Crippen molar-refractivity contribution in [3.63, 3.8) is 0 Å². The molecular formula is C18H22N4O3. The predicted octanol–water partition coefficient (Wildman–Crippen LogP) is 2.20. The van der Waals surface area contributed by atoms with Gasteiger partial charge in [-0.15, -0.1) is 6.58 Å². The largest absolute Gasteiger partial charge is 0.497 e. The van der Waals surface area contributed by atoms with E-state index in [2.05, 4.69) is 27.2 Å². The smallest absolute Gasteiger partial charge is 0.270 e. The lowest BCUT2D eigenvalue weighted by Crippen LogP contribution is -2.29. The van der Waals surface area contributed by atoms with E-state index in [0.717, 1.165) is 5.75 Å². The van der Waals surface area contributed by atoms with Crippen LogP contribution in [0.3, 0.4) is 0 Å². The summed E-state index contributed by atoms with van der Waals surface area (Å²) in [6.45, 7) is 6.65. The second-order valence-corrected chi connectivity index (χ2v) is 5.14. The summed E-state index contributed by atoms with van der Waals surface area (Å²) in [6, 6.07) is 8.86. The number of carbonyl (C=O) groups is 1. The van der Waals surface area contributed by atoms with Gasteiger partial charge in [0.15, 0.2) is 0 Å². The van der Waals surface area contributed by atoms with Gasteiger partial charge in [0.1, 0.15) is 35.4 Å². The number of hydrogen-bond acceptors (Lipinski definition) is 6. The van der Waals surface area contributed by atoms with E-state index in [9.17, 15) is 4.79 Å². The van der Waals surface area contributed by atoms with Crippen LogP contribution >= 0.6 is 0 Å². The number of methoxy groups -OCH3 is 1. The third kappa shape index (κ3) is 5.80. The Morgan fingerprint density at radius 3 is 2.64 bits per heavy atom. The van der Waals surface area contributed by atoms with Crippen LogP contribution in [-0.4, -0.2) is 42.7 Å². The number of anilines is 1. The van der Waals surface area contributed by atoms with Gasteiger partial charge in [-0.05, 0) is 31.2 Å². The molecule has 0 saturated heterocycles. The van der Waals surface area contributed by atoms with Gasteiger partial charge in [0.2, 0.25) is 0 Å². The average molecular weight is 342 g/mol. The zero-order chi connectivity index (χ0) is 18.1. The number of aromatic nitrogens is 2. The highest BCUT2D eigenvalue weighted by atomic mass is 16.5. The van der Waals surface area contributed by atoms with Crippen molar-refractivity contribution in [2.24, 2.45) is 0 Å². The van der Waals surface area contributed by atoms with Gasteiger partial charge < -0.3 is 20.1 Å². The van der Waals surface area contributed by atoms with Crippen molar-refractivity contribution in [3.05, 3.63) is 54.5 Å². The maximum absolute atomic E-state index is 12.2. The third-order valence-corrected chi connectivity index (χ3v) is 3.21. The van der Waals surface area contributed by atoms with Gasteiger partial charge in [0, 0.05) is 12.6 Å². The van der Waals surface area contributed by atoms with E-state index in [1.165, 1.54) is 0 Å². The number of amides is 1. The van der Waals surface area contributed by atoms with E-state index in [-0.39, 0.29) is 5.91 Å². The first-order chi connectivity index (χ1) is 12.1. The summed E-state index contributed by atoms with van der Waals surface area (Å²) in [5.74, 6) is 2.32. The fourth-order valence-corrected chi connectivity index (χ4v) is 2.05. The Morgan fingerprint density at radius 1 is 1.24 bits per heavy atom. The molecule has 1 aromatic carbocycles. The Bertz CT molecular complexity index is 717. The van der Waals surface area contributed by atoms with Gasteiger partial charge in [0.05, 0.1) is 13.7 Å². The number of nitrogens with one attached hydrogen (secondary N) is 2. The van der Waals surface area contributed by atoms with Crippen LogP contribution < -0.4 is 20.1 Å². The summed E-state index contributed by atoms with van der Waals surface area (Å²) in [5.41, 5.74) is 0.309. The summed E-state index contributed by atoms with van der Waals surface area (Å²) in [7, 11) is 1.61. The topological polar surface area (TPSA) is 85.4 Å². The van der Waals surface area contributed by atoms with Crippen LogP contribution in [0.25, 0.3) is 0 Å². The molecular weight excluding hydrogens is 320 g/mol. The molecule has 1 aromatic heterocycles. The van der Waals surface area contributed by atoms with Crippen LogP contribution in [0.1, 0.15) is 16.3 Å². The predicted molar refractivity (Wildman–Crippen MR) is 96.3 cm³/mol. The van der Waals surface area contributed by atoms with Gasteiger partial charge in [-0.2, -0.15) is 0 Å². The minimum Gasteiger partial charge on any atom is -0.497 e. The zero-order valence-corrected chi connectivity index (χ0v) is 14.4. The molecule has 0 aliphatic rings. The molecule has 0 fully saturated rings. The lowest BCUT2D eigenvalue weighted by atomic mass is 10.3. The summed E-state index contributed by atoms with van der Waals surface area (Å²) < 4.78 is 10.6. The van der Waals surface area contributed by atoms with Gasteiger partial charge in [0.25, 0.3) is 5.91 Å². The zero-order valence-electron chi connectivity index (χ0n) is 14.4. The Morgan fingerprint density at radius 2 is 1.96 bits per heavy atom. The van der Waals surface area contributed by atoms with Crippen molar-refractivity contribution in [2.45, 2.75) is 6.92 Å². The Hall–Kier alpha value is -3.09. The van der Waals surface area contributed by atoms with Crippen molar-refractivity contribution < 1.29 is 14.3 Å². The third-order valence-electron chi connectivity index (χ3n) is 3.21. The van der Waals surface area contributed by atoms with Crippen molar-refractivity contribution in [1.82, 2.24) is 15.3 Å². The van der Waals surface area contributed by atoms with Gasteiger partial charge >= 0.3 is 0 Å². The highest BCUT2D eigenvalue weighted by molar-refractivity contribution is 5.92. The maximum Gasteiger partial charge on any atom is 0.270 e. The Labute approximate surface area is 147 Å². The molecule has 0 atom stereocenters. The summed E-state index contributed by atoms with van der Waals surface area (Å²) in [4.78, 5) is 20.6. The van der Waals surface area contributed by atoms with E-state index < -0.39 is 0 Å². The highest BCUT2D eigenvalue weighted by Crippen LogP contribution is 2.16. The van der Waals surface area contributed by atoms with Crippen molar-refractivity contribution in [1.29, 1.82) is 0 Å². The van der Waals surface area contributed by atoms with Crippen LogP contribution in [0.5, 0.6) is 11.5 Å². The van der Waals surface area contributed by atoms with Crippen LogP contribution in [0, 0.1) is 6.92 Å². The van der Waals surface area contributed by atoms with E-state index in [4.69, 9.17) is 9.47 Å². The monoisotopic (exact) mass is 342 g/mol. The second-order valence-electron chi connectivity index (χ2n) is 5.14. The SMILES string of the molecule is C=CCNc1cc(C(=O)NCCOc2ccc(OC)cc2)nc(C)n1. The Balaban J connectivity index is 1.83. The normalized spacial score (nSPS) is 10.0. The molecule has 0 unspecified atom stereocenters. The van der Waals surface area contributed by atoms with E-state index >= 15 is 0 Å². The summed E-state index contributed by atoms with van der Waals surface area (Å²) >= 11 is 0. The quantitative estimate of drug-likeness (QED) is 0.537. The molecule has 1 heterocycles. The van der Waals surface area contributed by atoms with Gasteiger partial charge in [-0.1, -0.05) is 6.08 Å². The number of benzene rings is 1. The molecule has 0 spiro atoms. The number of ether oxygens (including phenoxy) is 2. The lowest BCUT2D eigenvalue weighted by Gasteiger charge is -2.09. The summed E-state index contributed by atoms with van der Waals surface area (Å²) in [6.07, 6.45) is 1.72.